The van der Waals surface area contributed by atoms with E-state index < -0.39 is 0 Å². The second-order valence-electron chi connectivity index (χ2n) is 4.55. The Bertz CT molecular complexity index is 509. The number of rotatable bonds is 6. The lowest BCUT2D eigenvalue weighted by molar-refractivity contribution is 0.257. The lowest BCUT2D eigenvalue weighted by Crippen LogP contribution is -2.13. The number of nitrogens with zero attached hydrogens (tertiary/aromatic N) is 4. The molecular weight excluding hydrogens is 240 g/mol. The Morgan fingerprint density at radius 3 is 2.74 bits per heavy atom. The monoisotopic (exact) mass is 260 g/mol. The minimum atomic E-state index is -0.0703. The fourth-order valence-corrected chi connectivity index (χ4v) is 2.29. The van der Waals surface area contributed by atoms with Crippen molar-refractivity contribution in [2.75, 3.05) is 0 Å². The lowest BCUT2D eigenvalue weighted by Gasteiger charge is -2.16. The predicted molar refractivity (Wildman–Crippen MR) is 73.4 cm³/mol. The average Bonchev–Trinajstić information content (AvgIpc) is 2.89. The molecule has 5 heteroatoms. The minimum Gasteiger partial charge on any atom is -0.390 e. The van der Waals surface area contributed by atoms with E-state index >= 15 is 0 Å². The molecule has 0 amide bonds. The van der Waals surface area contributed by atoms with Gasteiger partial charge in [-0.2, -0.15) is 0 Å². The Morgan fingerprint density at radius 2 is 2.16 bits per heavy atom. The van der Waals surface area contributed by atoms with Crippen LogP contribution < -0.4 is 0 Å². The van der Waals surface area contributed by atoms with Crippen LogP contribution in [-0.4, -0.2) is 25.1 Å². The van der Waals surface area contributed by atoms with Crippen molar-refractivity contribution >= 4 is 0 Å². The highest BCUT2D eigenvalue weighted by atomic mass is 16.3. The first-order valence-electron chi connectivity index (χ1n) is 6.78. The van der Waals surface area contributed by atoms with Crippen LogP contribution in [-0.2, 0) is 6.61 Å². The van der Waals surface area contributed by atoms with Gasteiger partial charge in [-0.25, -0.2) is 4.68 Å². The third-order valence-corrected chi connectivity index (χ3v) is 3.29. The number of hydrogen-bond acceptors (Lipinski definition) is 4. The van der Waals surface area contributed by atoms with Gasteiger partial charge in [-0.1, -0.05) is 31.5 Å². The number of hydrogen-bond donors (Lipinski definition) is 1. The van der Waals surface area contributed by atoms with Crippen LogP contribution in [0.1, 0.15) is 44.8 Å². The maximum Gasteiger partial charge on any atom is 0.137 e. The zero-order valence-electron chi connectivity index (χ0n) is 11.5. The molecule has 0 saturated heterocycles. The van der Waals surface area contributed by atoms with E-state index in [2.05, 4.69) is 29.1 Å². The summed E-state index contributed by atoms with van der Waals surface area (Å²) < 4.78 is 1.85. The lowest BCUT2D eigenvalue weighted by atomic mass is 10.1. The van der Waals surface area contributed by atoms with E-state index in [-0.39, 0.29) is 12.6 Å². The van der Waals surface area contributed by atoms with Crippen molar-refractivity contribution in [3.05, 3.63) is 30.1 Å². The minimum absolute atomic E-state index is 0.0703. The van der Waals surface area contributed by atoms with Crippen molar-refractivity contribution in [1.82, 2.24) is 20.0 Å². The van der Waals surface area contributed by atoms with Crippen molar-refractivity contribution in [1.29, 1.82) is 0 Å². The van der Waals surface area contributed by atoms with E-state index in [1.807, 2.05) is 22.9 Å². The Labute approximate surface area is 113 Å². The first-order valence-corrected chi connectivity index (χ1v) is 6.78. The molecule has 0 aromatic carbocycles. The van der Waals surface area contributed by atoms with Crippen LogP contribution >= 0.6 is 0 Å². The van der Waals surface area contributed by atoms with Crippen LogP contribution in [0.15, 0.2) is 24.4 Å². The first kappa shape index (κ1) is 13.7. The summed E-state index contributed by atoms with van der Waals surface area (Å²) in [6.07, 6.45) is 4.82. The standard InChI is InChI=1S/C14H20N4O/c1-3-7-11(4-2)18-13(10-19)14(16-17-18)12-8-5-6-9-15-12/h5-6,8-9,11,19H,3-4,7,10H2,1-2H3. The van der Waals surface area contributed by atoms with Gasteiger partial charge in [-0.05, 0) is 25.0 Å². The number of aromatic nitrogens is 4. The van der Waals surface area contributed by atoms with Gasteiger partial charge >= 0.3 is 0 Å². The molecule has 1 N–H and O–H groups in total. The Morgan fingerprint density at radius 1 is 1.32 bits per heavy atom. The molecule has 19 heavy (non-hydrogen) atoms. The van der Waals surface area contributed by atoms with Crippen LogP contribution in [0, 0.1) is 0 Å². The molecule has 1 atom stereocenters. The van der Waals surface area contributed by atoms with Crippen LogP contribution in [0.4, 0.5) is 0 Å². The molecule has 2 aromatic rings. The van der Waals surface area contributed by atoms with E-state index in [9.17, 15) is 5.11 Å². The first-order chi connectivity index (χ1) is 9.31. The highest BCUT2D eigenvalue weighted by Crippen LogP contribution is 2.25. The zero-order valence-corrected chi connectivity index (χ0v) is 11.5. The topological polar surface area (TPSA) is 63.8 Å². The normalized spacial score (nSPS) is 12.6. The Kier molecular flexibility index (Phi) is 4.63. The summed E-state index contributed by atoms with van der Waals surface area (Å²) in [5.41, 5.74) is 2.18. The zero-order chi connectivity index (χ0) is 13.7. The quantitative estimate of drug-likeness (QED) is 0.867. The van der Waals surface area contributed by atoms with Crippen LogP contribution in [0.5, 0.6) is 0 Å². The van der Waals surface area contributed by atoms with Gasteiger partial charge in [-0.15, -0.1) is 5.10 Å². The van der Waals surface area contributed by atoms with Crippen molar-refractivity contribution in [3.63, 3.8) is 0 Å². The fourth-order valence-electron chi connectivity index (χ4n) is 2.29. The van der Waals surface area contributed by atoms with Gasteiger partial charge in [0.15, 0.2) is 0 Å². The van der Waals surface area contributed by atoms with E-state index in [4.69, 9.17) is 0 Å². The summed E-state index contributed by atoms with van der Waals surface area (Å²) in [4.78, 5) is 4.28. The van der Waals surface area contributed by atoms with Gasteiger partial charge in [0.25, 0.3) is 0 Å². The van der Waals surface area contributed by atoms with Crippen molar-refractivity contribution < 1.29 is 5.11 Å². The number of aliphatic hydroxyl groups excluding tert-OH is 1. The fraction of sp³-hybridized carbons (Fsp3) is 0.500. The second kappa shape index (κ2) is 6.43. The third kappa shape index (κ3) is 2.81. The molecule has 0 aliphatic heterocycles. The molecule has 0 saturated carbocycles. The molecule has 0 bridgehead atoms. The van der Waals surface area contributed by atoms with Crippen molar-refractivity contribution in [2.24, 2.45) is 0 Å². The van der Waals surface area contributed by atoms with Gasteiger partial charge in [0.1, 0.15) is 5.69 Å². The average molecular weight is 260 g/mol. The van der Waals surface area contributed by atoms with Gasteiger partial charge in [-0.3, -0.25) is 4.98 Å². The Hall–Kier alpha value is -1.75. The SMILES string of the molecule is CCCC(CC)n1nnc(-c2ccccn2)c1CO. The summed E-state index contributed by atoms with van der Waals surface area (Å²) in [6.45, 7) is 4.21. The molecule has 1 unspecified atom stereocenters. The van der Waals surface area contributed by atoms with Gasteiger partial charge in [0.2, 0.25) is 0 Å². The van der Waals surface area contributed by atoms with Crippen LogP contribution in [0.2, 0.25) is 0 Å². The molecule has 0 radical (unpaired) electrons. The molecule has 0 aliphatic rings. The number of aliphatic hydroxyl groups is 1. The van der Waals surface area contributed by atoms with E-state index in [1.165, 1.54) is 0 Å². The third-order valence-electron chi connectivity index (χ3n) is 3.29. The molecule has 0 aliphatic carbocycles. The van der Waals surface area contributed by atoms with Crippen LogP contribution in [0.25, 0.3) is 11.4 Å². The maximum absolute atomic E-state index is 9.63. The molecule has 5 nitrogen and oxygen atoms in total. The smallest absolute Gasteiger partial charge is 0.137 e. The van der Waals surface area contributed by atoms with E-state index in [1.54, 1.807) is 6.20 Å². The van der Waals surface area contributed by atoms with Gasteiger partial charge in [0, 0.05) is 6.20 Å². The van der Waals surface area contributed by atoms with Crippen molar-refractivity contribution in [3.8, 4) is 11.4 Å². The highest BCUT2D eigenvalue weighted by molar-refractivity contribution is 5.56. The Balaban J connectivity index is 2.40. The molecule has 102 valence electrons. The molecule has 2 aromatic heterocycles. The van der Waals surface area contributed by atoms with Crippen molar-refractivity contribution in [2.45, 2.75) is 45.8 Å². The molecular formula is C14H20N4O. The largest absolute Gasteiger partial charge is 0.390 e. The highest BCUT2D eigenvalue weighted by Gasteiger charge is 2.19. The summed E-state index contributed by atoms with van der Waals surface area (Å²) in [5.74, 6) is 0. The molecule has 2 rings (SSSR count). The molecule has 0 spiro atoms. The summed E-state index contributed by atoms with van der Waals surface area (Å²) in [6, 6.07) is 5.94. The second-order valence-corrected chi connectivity index (χ2v) is 4.55. The van der Waals surface area contributed by atoms with Gasteiger partial charge in [0.05, 0.1) is 24.0 Å². The summed E-state index contributed by atoms with van der Waals surface area (Å²) >= 11 is 0. The molecule has 2 heterocycles. The van der Waals surface area contributed by atoms with E-state index in [0.29, 0.717) is 5.69 Å². The summed E-state index contributed by atoms with van der Waals surface area (Å²) in [5, 5.41) is 18.1. The number of pyridine rings is 1. The summed E-state index contributed by atoms with van der Waals surface area (Å²) in [7, 11) is 0. The van der Waals surface area contributed by atoms with Gasteiger partial charge < -0.3 is 5.11 Å². The maximum atomic E-state index is 9.63. The predicted octanol–water partition coefficient (Wildman–Crippen LogP) is 2.58. The molecule has 0 fully saturated rings. The van der Waals surface area contributed by atoms with E-state index in [0.717, 1.165) is 30.7 Å². The van der Waals surface area contributed by atoms with Crippen LogP contribution in [0.3, 0.4) is 0 Å².